The lowest BCUT2D eigenvalue weighted by atomic mass is 9.94. The van der Waals surface area contributed by atoms with E-state index in [9.17, 15) is 4.79 Å². The number of carbonyl (C=O) groups excluding carboxylic acids is 1. The van der Waals surface area contributed by atoms with Gasteiger partial charge in [-0.05, 0) is 29.8 Å². The quantitative estimate of drug-likeness (QED) is 0.590. The molecule has 0 saturated heterocycles. The fourth-order valence-corrected chi connectivity index (χ4v) is 2.85. The van der Waals surface area contributed by atoms with Gasteiger partial charge in [-0.15, -0.1) is 0 Å². The van der Waals surface area contributed by atoms with E-state index in [0.29, 0.717) is 34.3 Å². The highest BCUT2D eigenvalue weighted by Gasteiger charge is 2.28. The van der Waals surface area contributed by atoms with Crippen LogP contribution in [0.3, 0.4) is 0 Å². The second kappa shape index (κ2) is 8.55. The van der Waals surface area contributed by atoms with Crippen LogP contribution in [0.4, 0.5) is 0 Å². The summed E-state index contributed by atoms with van der Waals surface area (Å²) in [6, 6.07) is 12.7. The van der Waals surface area contributed by atoms with Crippen molar-refractivity contribution in [2.24, 2.45) is 10.2 Å². The van der Waals surface area contributed by atoms with E-state index in [2.05, 4.69) is 21.1 Å². The van der Waals surface area contributed by atoms with Gasteiger partial charge in [0.15, 0.2) is 0 Å². The highest BCUT2D eigenvalue weighted by Crippen LogP contribution is 2.24. The lowest BCUT2D eigenvalue weighted by Crippen LogP contribution is -2.30. The number of benzene rings is 2. The van der Waals surface area contributed by atoms with E-state index in [0.717, 1.165) is 5.56 Å². The minimum atomic E-state index is -0.372. The summed E-state index contributed by atoms with van der Waals surface area (Å²) in [5.74, 6) is 0.730. The van der Waals surface area contributed by atoms with Crippen molar-refractivity contribution in [3.8, 4) is 11.5 Å². The van der Waals surface area contributed by atoms with Crippen LogP contribution >= 0.6 is 11.6 Å². The Bertz CT molecular complexity index is 881. The molecule has 27 heavy (non-hydrogen) atoms. The van der Waals surface area contributed by atoms with Gasteiger partial charge in [0.2, 0.25) is 0 Å². The number of nitrogens with one attached hydrogen (secondary N) is 2. The van der Waals surface area contributed by atoms with Gasteiger partial charge in [0.25, 0.3) is 5.91 Å². The summed E-state index contributed by atoms with van der Waals surface area (Å²) in [7, 11) is 3.14. The predicted octanol–water partition coefficient (Wildman–Crippen LogP) is 2.55. The first-order chi connectivity index (χ1) is 13.1. The molecule has 1 amide bonds. The SMILES string of the molecule is COc1ccc(/C=N\NC(=O)C2=NNCC2c2ccc(Cl)cc2)c(OC)c1. The number of rotatable bonds is 6. The smallest absolute Gasteiger partial charge is 0.288 e. The molecular formula is C19H19ClN4O3. The van der Waals surface area contributed by atoms with E-state index in [1.807, 2.05) is 12.1 Å². The van der Waals surface area contributed by atoms with Gasteiger partial charge in [-0.2, -0.15) is 10.2 Å². The minimum Gasteiger partial charge on any atom is -0.497 e. The Balaban J connectivity index is 1.68. The summed E-state index contributed by atoms with van der Waals surface area (Å²) in [5, 5.41) is 8.77. The summed E-state index contributed by atoms with van der Waals surface area (Å²) in [6.07, 6.45) is 1.51. The molecule has 0 fully saturated rings. The number of ether oxygens (including phenoxy) is 2. The molecule has 2 aromatic carbocycles. The Kier molecular flexibility index (Phi) is 5.93. The number of halogens is 1. The molecule has 0 aliphatic carbocycles. The minimum absolute atomic E-state index is 0.159. The van der Waals surface area contributed by atoms with Crippen LogP contribution in [0.1, 0.15) is 17.0 Å². The molecule has 1 unspecified atom stereocenters. The van der Waals surface area contributed by atoms with Crippen molar-refractivity contribution in [2.75, 3.05) is 20.8 Å². The summed E-state index contributed by atoms with van der Waals surface area (Å²) in [6.45, 7) is 0.542. The van der Waals surface area contributed by atoms with Crippen LogP contribution in [0, 0.1) is 0 Å². The first kappa shape index (κ1) is 18.7. The van der Waals surface area contributed by atoms with E-state index in [4.69, 9.17) is 21.1 Å². The Hall–Kier alpha value is -3.06. The van der Waals surface area contributed by atoms with Gasteiger partial charge >= 0.3 is 0 Å². The molecule has 0 spiro atoms. The first-order valence-electron chi connectivity index (χ1n) is 8.23. The predicted molar refractivity (Wildman–Crippen MR) is 105 cm³/mol. The third kappa shape index (κ3) is 4.38. The van der Waals surface area contributed by atoms with Crippen molar-refractivity contribution >= 4 is 29.4 Å². The molecule has 1 atom stereocenters. The molecule has 0 bridgehead atoms. The van der Waals surface area contributed by atoms with E-state index in [1.165, 1.54) is 6.21 Å². The van der Waals surface area contributed by atoms with Gasteiger partial charge in [-0.3, -0.25) is 4.79 Å². The number of methoxy groups -OCH3 is 2. The Labute approximate surface area is 162 Å². The normalized spacial score (nSPS) is 16.0. The van der Waals surface area contributed by atoms with Crippen LogP contribution in [0.15, 0.2) is 52.7 Å². The van der Waals surface area contributed by atoms with Gasteiger partial charge in [-0.1, -0.05) is 23.7 Å². The van der Waals surface area contributed by atoms with Crippen LogP contribution in [0.25, 0.3) is 0 Å². The second-order valence-electron chi connectivity index (χ2n) is 5.77. The Morgan fingerprint density at radius 1 is 1.26 bits per heavy atom. The molecular weight excluding hydrogens is 368 g/mol. The molecule has 3 rings (SSSR count). The van der Waals surface area contributed by atoms with Crippen molar-refractivity contribution in [2.45, 2.75) is 5.92 Å². The topological polar surface area (TPSA) is 84.3 Å². The zero-order valence-corrected chi connectivity index (χ0v) is 15.7. The van der Waals surface area contributed by atoms with Crippen LogP contribution in [-0.4, -0.2) is 38.6 Å². The highest BCUT2D eigenvalue weighted by molar-refractivity contribution is 6.41. The van der Waals surface area contributed by atoms with Gasteiger partial charge in [-0.25, -0.2) is 5.43 Å². The largest absolute Gasteiger partial charge is 0.497 e. The molecule has 1 heterocycles. The third-order valence-electron chi connectivity index (χ3n) is 4.14. The van der Waals surface area contributed by atoms with Gasteiger partial charge in [0, 0.05) is 23.2 Å². The number of hydrazone groups is 2. The molecule has 140 valence electrons. The second-order valence-corrected chi connectivity index (χ2v) is 6.21. The molecule has 8 heteroatoms. The van der Waals surface area contributed by atoms with Crippen LogP contribution in [-0.2, 0) is 4.79 Å². The van der Waals surface area contributed by atoms with E-state index in [-0.39, 0.29) is 11.8 Å². The van der Waals surface area contributed by atoms with Crippen LogP contribution < -0.4 is 20.3 Å². The lowest BCUT2D eigenvalue weighted by molar-refractivity contribution is -0.114. The van der Waals surface area contributed by atoms with Gasteiger partial charge < -0.3 is 14.9 Å². The maximum absolute atomic E-state index is 12.5. The fraction of sp³-hybridized carbons (Fsp3) is 0.211. The number of amides is 1. The Morgan fingerprint density at radius 2 is 2.04 bits per heavy atom. The van der Waals surface area contributed by atoms with E-state index < -0.39 is 0 Å². The van der Waals surface area contributed by atoms with Crippen molar-refractivity contribution in [3.63, 3.8) is 0 Å². The molecule has 1 aliphatic heterocycles. The third-order valence-corrected chi connectivity index (χ3v) is 4.39. The number of hydrogen-bond donors (Lipinski definition) is 2. The van der Waals surface area contributed by atoms with Crippen LogP contribution in [0.2, 0.25) is 5.02 Å². The molecule has 7 nitrogen and oxygen atoms in total. The van der Waals surface area contributed by atoms with Gasteiger partial charge in [0.1, 0.15) is 17.2 Å². The monoisotopic (exact) mass is 386 g/mol. The summed E-state index contributed by atoms with van der Waals surface area (Å²) in [5.41, 5.74) is 7.41. The van der Waals surface area contributed by atoms with Crippen LogP contribution in [0.5, 0.6) is 11.5 Å². The molecule has 1 aliphatic rings. The first-order valence-corrected chi connectivity index (χ1v) is 8.61. The standard InChI is InChI=1S/C19H19ClN4O3/c1-26-15-8-5-13(17(9-15)27-2)10-21-24-19(25)18-16(11-22-23-18)12-3-6-14(20)7-4-12/h3-10,16,22H,11H2,1-2H3,(H,24,25)/b21-10-. The zero-order valence-electron chi connectivity index (χ0n) is 14.9. The zero-order chi connectivity index (χ0) is 19.2. The molecule has 2 N–H and O–H groups in total. The van der Waals surface area contributed by atoms with E-state index in [1.54, 1.807) is 44.6 Å². The van der Waals surface area contributed by atoms with Crippen molar-refractivity contribution < 1.29 is 14.3 Å². The average molecular weight is 387 g/mol. The molecule has 2 aromatic rings. The molecule has 0 radical (unpaired) electrons. The number of hydrogen-bond acceptors (Lipinski definition) is 6. The number of carbonyl (C=O) groups is 1. The summed E-state index contributed by atoms with van der Waals surface area (Å²) >= 11 is 5.93. The van der Waals surface area contributed by atoms with E-state index >= 15 is 0 Å². The fourth-order valence-electron chi connectivity index (χ4n) is 2.72. The Morgan fingerprint density at radius 3 is 2.74 bits per heavy atom. The van der Waals surface area contributed by atoms with Crippen molar-refractivity contribution in [1.29, 1.82) is 0 Å². The maximum atomic E-state index is 12.5. The van der Waals surface area contributed by atoms with Crippen molar-refractivity contribution in [1.82, 2.24) is 10.9 Å². The lowest BCUT2D eigenvalue weighted by Gasteiger charge is -2.11. The highest BCUT2D eigenvalue weighted by atomic mass is 35.5. The van der Waals surface area contributed by atoms with Crippen molar-refractivity contribution in [3.05, 3.63) is 58.6 Å². The summed E-state index contributed by atoms with van der Waals surface area (Å²) in [4.78, 5) is 12.5. The molecule has 0 aromatic heterocycles. The maximum Gasteiger partial charge on any atom is 0.288 e. The molecule has 0 saturated carbocycles. The summed E-state index contributed by atoms with van der Waals surface area (Å²) < 4.78 is 10.5. The number of nitrogens with zero attached hydrogens (tertiary/aromatic N) is 2. The van der Waals surface area contributed by atoms with Gasteiger partial charge in [0.05, 0.1) is 26.4 Å². The average Bonchev–Trinajstić information content (AvgIpc) is 3.18.